The van der Waals surface area contributed by atoms with Crippen LogP contribution in [0.15, 0.2) is 23.3 Å². The third kappa shape index (κ3) is 31.0. The third-order valence-electron chi connectivity index (χ3n) is 27.7. The summed E-state index contributed by atoms with van der Waals surface area (Å²) in [4.78, 5) is 74.7. The number of quaternary nitrogens is 1. The van der Waals surface area contributed by atoms with E-state index in [1.54, 1.807) is 11.1 Å². The summed E-state index contributed by atoms with van der Waals surface area (Å²) >= 11 is 0. The van der Waals surface area contributed by atoms with Crippen molar-refractivity contribution >= 4 is 35.9 Å². The molecule has 0 saturated heterocycles. The van der Waals surface area contributed by atoms with Crippen molar-refractivity contribution in [2.75, 3.05) is 59.0 Å². The van der Waals surface area contributed by atoms with Crippen LogP contribution in [0.1, 0.15) is 262 Å². The molecule has 10 rings (SSSR count). The molecule has 0 aromatic rings. The molecule has 22 nitrogen and oxygen atoms in total. The molecule has 0 aromatic carbocycles. The number of allylic oxidation sites excluding steroid dienone is 2. The summed E-state index contributed by atoms with van der Waals surface area (Å²) < 4.78 is 11.7. The van der Waals surface area contributed by atoms with Crippen molar-refractivity contribution in [3.05, 3.63) is 60.3 Å². The van der Waals surface area contributed by atoms with Crippen LogP contribution in [0.4, 0.5) is 0 Å². The summed E-state index contributed by atoms with van der Waals surface area (Å²) in [5.74, 6) is 5.44. The number of amides is 2. The van der Waals surface area contributed by atoms with Gasteiger partial charge in [-0.05, 0) is 195 Å². The van der Waals surface area contributed by atoms with E-state index in [0.717, 1.165) is 129 Å². The summed E-state index contributed by atoms with van der Waals surface area (Å²) in [6, 6.07) is -0.319. The Hall–Kier alpha value is -1.62. The van der Waals surface area contributed by atoms with Crippen molar-refractivity contribution in [1.82, 2.24) is 15.5 Å². The van der Waals surface area contributed by atoms with E-state index in [9.17, 15) is 34.2 Å². The van der Waals surface area contributed by atoms with E-state index in [1.165, 1.54) is 140 Å². The smallest absolute Gasteiger partial charge is 0.676 e. The fourth-order valence-corrected chi connectivity index (χ4v) is 22.3. The Morgan fingerprint density at radius 1 is 0.569 bits per heavy atom. The second kappa shape index (κ2) is 50.9. The Balaban J connectivity index is 0.00000165. The molecule has 11 N–H and O–H groups in total. The quantitative estimate of drug-likeness (QED) is 0.0236. The van der Waals surface area contributed by atoms with Crippen molar-refractivity contribution in [2.45, 2.75) is 298 Å². The second-order valence-corrected chi connectivity index (χ2v) is 35.8. The van der Waals surface area contributed by atoms with Gasteiger partial charge in [0.1, 0.15) is 6.54 Å². The van der Waals surface area contributed by atoms with Gasteiger partial charge >= 0.3 is 70.9 Å². The number of carbonyl (C=O) groups is 5. The largest absolute Gasteiger partial charge is 2.00 e. The first kappa shape index (κ1) is 107. The standard InChI is InChI=1S/C36H60N2O6.C34H57N2O4.2C6H12N2.CO2.2Li.2H2O.2Pt/c1-24(2)8-7-9-25(3)29-12-13-30-28-11-10-26-20-27(14-16-35(26,4)31(28)15-17-36(29,30)5)44-19-18-37-32(39)21-38(6,22-33(40)41)23-34(42)43;1-23(2)8-7-9-24(3)28-12-13-29-27-11-10-25-20-26(14-16-33(25,4)30(27)15-17-34(28,29)5)40-19-18-35-31(37)21-36(6)22-32(38)39;2*7-5-3-1-2-4-6(5)8;2-1-3;;;;;;/h10,24-25,27-31H,6-9,11-23H2,1-5H3,(H,37,39)(H,40,41)(H,42,43);10,23-24,26-30H,6-9,11-22H2,1-5H3,(H,35,37)(H,38,39);2*5-8H,1-4H2;;;;2*1H2;;/q;-1;2*-2;;2*+1;;;;+2/p-2/t25-,27+,28+,29-,30+,31+,35+,36-;24-,26+,27+,28-,29+,30+,33+,34-;2*5-,6-;;;;;;;/m1111......./s1. The molecule has 0 aliphatic heterocycles. The Morgan fingerprint density at radius 2 is 0.945 bits per heavy atom. The first-order valence-corrected chi connectivity index (χ1v) is 40.5. The molecule has 10 aliphatic carbocycles. The maximum absolute atomic E-state index is 12.4. The van der Waals surface area contributed by atoms with Crippen LogP contribution in [-0.4, -0.2) is 157 Å². The van der Waals surface area contributed by atoms with Crippen LogP contribution in [-0.2, 0) is 85.2 Å². The molecule has 0 spiro atoms. The molecule has 624 valence electrons. The minimum absolute atomic E-state index is 0. The molecule has 0 heterocycles. The number of hydrogen-bond donors (Lipinski definition) is 3. The molecule has 21 atom stereocenters. The van der Waals surface area contributed by atoms with Gasteiger partial charge in [-0.25, -0.2) is 4.79 Å². The molecular formula is C83H143Li2N8O14Pt2-3. The van der Waals surface area contributed by atoms with Gasteiger partial charge in [0.15, 0.2) is 6.54 Å². The number of carbonyl (C=O) groups excluding carboxylic acids is 6. The normalized spacial score (nSPS) is 33.3. The monoisotopic (exact) mass is 1880 g/mol. The summed E-state index contributed by atoms with van der Waals surface area (Å²) in [6.45, 7) is 24.5. The number of carboxylic acids is 3. The molecule has 0 radical (unpaired) electrons. The van der Waals surface area contributed by atoms with Crippen molar-refractivity contribution in [2.24, 2.45) is 92.7 Å². The van der Waals surface area contributed by atoms with Crippen molar-refractivity contribution in [3.63, 3.8) is 0 Å². The van der Waals surface area contributed by atoms with E-state index >= 15 is 0 Å². The fraction of sp³-hybridized carbons (Fsp3) is 0.855. The number of carboxylic acid groups (broad SMARTS) is 3. The maximum Gasteiger partial charge on any atom is 2.00 e. The zero-order valence-corrected chi connectivity index (χ0v) is 73.5. The molecule has 26 heteroatoms. The van der Waals surface area contributed by atoms with Crippen molar-refractivity contribution in [1.29, 1.82) is 0 Å². The Morgan fingerprint density at radius 3 is 1.28 bits per heavy atom. The fourth-order valence-electron chi connectivity index (χ4n) is 22.3. The molecule has 2 amide bonds. The number of ether oxygens (including phenoxy) is 2. The second-order valence-electron chi connectivity index (χ2n) is 35.8. The molecule has 0 aromatic heterocycles. The molecule has 1 unspecified atom stereocenters. The summed E-state index contributed by atoms with van der Waals surface area (Å²) in [5.41, 5.74) is 34.0. The average molecular weight is 1880 g/mol. The van der Waals surface area contributed by atoms with Gasteiger partial charge in [0.05, 0.1) is 50.4 Å². The average Bonchev–Trinajstić information content (AvgIpc) is 1.64. The molecular weight excluding hydrogens is 1740 g/mol. The summed E-state index contributed by atoms with van der Waals surface area (Å²) in [6.07, 6.45) is 42.7. The van der Waals surface area contributed by atoms with Gasteiger partial charge in [-0.15, -0.1) is 7.05 Å². The van der Waals surface area contributed by atoms with Gasteiger partial charge in [0.2, 0.25) is 5.91 Å². The first-order chi connectivity index (χ1) is 48.6. The Kier molecular flexibility index (Phi) is 50.1. The zero-order chi connectivity index (χ0) is 76.0. The molecule has 8 fully saturated rings. The first-order valence-electron chi connectivity index (χ1n) is 40.5. The number of rotatable bonds is 28. The predicted molar refractivity (Wildman–Crippen MR) is 408 cm³/mol. The number of aliphatic carboxylic acids is 3. The minimum Gasteiger partial charge on any atom is -0.676 e. The molecule has 0 bridgehead atoms. The van der Waals surface area contributed by atoms with Crippen LogP contribution in [0.2, 0.25) is 0 Å². The van der Waals surface area contributed by atoms with Gasteiger partial charge in [-0.3, -0.25) is 16.6 Å². The van der Waals surface area contributed by atoms with E-state index in [1.807, 2.05) is 0 Å². The van der Waals surface area contributed by atoms with E-state index in [0.29, 0.717) is 36.0 Å². The summed E-state index contributed by atoms with van der Waals surface area (Å²) in [5, 5.41) is 36.3. The van der Waals surface area contributed by atoms with Gasteiger partial charge in [0, 0.05) is 40.7 Å². The van der Waals surface area contributed by atoms with E-state index < -0.39 is 41.4 Å². The zero-order valence-electron chi connectivity index (χ0n) is 69.0. The molecule has 8 saturated carbocycles. The van der Waals surface area contributed by atoms with E-state index in [4.69, 9.17) is 47.1 Å². The van der Waals surface area contributed by atoms with Gasteiger partial charge < -0.3 is 88.3 Å². The minimum atomic E-state index is -1.44. The van der Waals surface area contributed by atoms with Crippen LogP contribution in [0.3, 0.4) is 0 Å². The Labute approximate surface area is 710 Å². The maximum atomic E-state index is 12.4. The van der Waals surface area contributed by atoms with E-state index in [-0.39, 0.29) is 171 Å². The van der Waals surface area contributed by atoms with Crippen LogP contribution in [0.25, 0.3) is 22.9 Å². The van der Waals surface area contributed by atoms with Crippen molar-refractivity contribution in [3.8, 4) is 0 Å². The topological polar surface area (TPSA) is 390 Å². The van der Waals surface area contributed by atoms with Crippen LogP contribution >= 0.6 is 0 Å². The third-order valence-corrected chi connectivity index (χ3v) is 27.7. The number of fused-ring (bicyclic) bond motifs is 10. The van der Waals surface area contributed by atoms with Gasteiger partial charge in [0.25, 0.3) is 5.91 Å². The SMILES string of the molecule is O.O.O=C=O.[CH2-]N(CC(=O)[O-])CC(=O)NCCO[C@H]1CC[C@@]2(C)C(=CC[C@H]3[C@@H]4CC[C@H]([C@H](C)CCCC(C)C)[C@@]4(C)CC[C@@H]32)C1.[CH2-][N+](CC(=O)[O-])(CC(=O)O)CC(=O)NCCO[C@H]1CC[C@@]2(C)C(=CC[C@H]3[C@@H]4CC[C@H]([C@H](C)CCCC(C)C)[C@@]4(C)CC[C@@H]32)C1.[Li+].[Li+].[NH-][C@@H]1CCCC[C@H]1[NH-].[NH-][C@@H]1CCCC[C@H]1[NH-].[Pt+2].[Pt]. The number of hydrogen-bond acceptors (Lipinski definition) is 12. The predicted octanol–water partition coefficient (Wildman–Crippen LogP) is 6.92. The van der Waals surface area contributed by atoms with Crippen molar-refractivity contribution < 1.29 is 154 Å². The summed E-state index contributed by atoms with van der Waals surface area (Å²) in [7, 11) is 7.21. The number of nitrogens with zero attached hydrogens (tertiary/aromatic N) is 2. The van der Waals surface area contributed by atoms with Gasteiger partial charge in [-0.2, -0.15) is 33.8 Å². The molecule has 10 aliphatic rings. The van der Waals surface area contributed by atoms with Crippen LogP contribution in [0.5, 0.6) is 0 Å². The Bertz CT molecular complexity index is 2760. The molecule has 109 heavy (non-hydrogen) atoms. The van der Waals surface area contributed by atoms with Gasteiger partial charge in [-0.1, -0.05) is 182 Å². The van der Waals surface area contributed by atoms with Crippen LogP contribution in [0, 0.1) is 107 Å². The van der Waals surface area contributed by atoms with Crippen LogP contribution < -0.4 is 58.6 Å². The van der Waals surface area contributed by atoms with E-state index in [2.05, 4.69) is 106 Å². The number of nitrogens with one attached hydrogen (secondary N) is 6.